The van der Waals surface area contributed by atoms with Gasteiger partial charge in [0.1, 0.15) is 6.33 Å². The van der Waals surface area contributed by atoms with Crippen molar-refractivity contribution >= 4 is 11.6 Å². The second-order valence-corrected chi connectivity index (χ2v) is 4.23. The molecular formula is C13H17N5O. The SMILES string of the molecule is CNC(=O)CCCn1cnc(-c2ccc(N)cc2)n1. The Bertz CT molecular complexity index is 546. The lowest BCUT2D eigenvalue weighted by Crippen LogP contribution is -2.17. The van der Waals surface area contributed by atoms with E-state index in [-0.39, 0.29) is 5.91 Å². The molecule has 0 atom stereocenters. The highest BCUT2D eigenvalue weighted by Gasteiger charge is 2.04. The number of carbonyl (C=O) groups is 1. The van der Waals surface area contributed by atoms with Gasteiger partial charge in [0.2, 0.25) is 5.91 Å². The molecule has 0 unspecified atom stereocenters. The first-order valence-electron chi connectivity index (χ1n) is 6.15. The molecule has 2 rings (SSSR count). The van der Waals surface area contributed by atoms with Crippen molar-refractivity contribution in [1.29, 1.82) is 0 Å². The maximum Gasteiger partial charge on any atom is 0.219 e. The van der Waals surface area contributed by atoms with Crippen LogP contribution in [-0.4, -0.2) is 27.7 Å². The lowest BCUT2D eigenvalue weighted by molar-refractivity contribution is -0.120. The van der Waals surface area contributed by atoms with Crippen LogP contribution in [0.4, 0.5) is 5.69 Å². The number of benzene rings is 1. The van der Waals surface area contributed by atoms with E-state index in [9.17, 15) is 4.79 Å². The minimum atomic E-state index is 0.0406. The van der Waals surface area contributed by atoms with Gasteiger partial charge in [0.25, 0.3) is 0 Å². The van der Waals surface area contributed by atoms with Gasteiger partial charge in [-0.3, -0.25) is 9.48 Å². The molecule has 1 amide bonds. The average Bonchev–Trinajstić information content (AvgIpc) is 2.88. The van der Waals surface area contributed by atoms with Crippen LogP contribution < -0.4 is 11.1 Å². The molecule has 2 aromatic rings. The third-order valence-corrected chi connectivity index (χ3v) is 2.78. The van der Waals surface area contributed by atoms with Crippen LogP contribution in [0.15, 0.2) is 30.6 Å². The average molecular weight is 259 g/mol. The van der Waals surface area contributed by atoms with E-state index in [1.165, 1.54) is 0 Å². The molecule has 6 nitrogen and oxygen atoms in total. The fraction of sp³-hybridized carbons (Fsp3) is 0.308. The zero-order valence-corrected chi connectivity index (χ0v) is 10.8. The van der Waals surface area contributed by atoms with Crippen LogP contribution in [-0.2, 0) is 11.3 Å². The molecule has 3 N–H and O–H groups in total. The van der Waals surface area contributed by atoms with Gasteiger partial charge in [-0.2, -0.15) is 5.10 Å². The van der Waals surface area contributed by atoms with Crippen molar-refractivity contribution in [3.8, 4) is 11.4 Å². The predicted molar refractivity (Wildman–Crippen MR) is 73.2 cm³/mol. The molecule has 1 aromatic carbocycles. The van der Waals surface area contributed by atoms with E-state index < -0.39 is 0 Å². The summed E-state index contributed by atoms with van der Waals surface area (Å²) in [6, 6.07) is 7.42. The van der Waals surface area contributed by atoms with Crippen molar-refractivity contribution in [2.24, 2.45) is 0 Å². The third-order valence-electron chi connectivity index (χ3n) is 2.78. The number of amides is 1. The molecule has 19 heavy (non-hydrogen) atoms. The van der Waals surface area contributed by atoms with Crippen LogP contribution in [0.3, 0.4) is 0 Å². The molecule has 0 saturated carbocycles. The van der Waals surface area contributed by atoms with Crippen molar-refractivity contribution in [1.82, 2.24) is 20.1 Å². The van der Waals surface area contributed by atoms with Crippen molar-refractivity contribution in [3.05, 3.63) is 30.6 Å². The van der Waals surface area contributed by atoms with Crippen molar-refractivity contribution in [2.75, 3.05) is 12.8 Å². The fourth-order valence-electron chi connectivity index (χ4n) is 1.69. The Balaban J connectivity index is 1.95. The number of nitrogen functional groups attached to an aromatic ring is 1. The van der Waals surface area contributed by atoms with Gasteiger partial charge >= 0.3 is 0 Å². The van der Waals surface area contributed by atoms with E-state index in [0.717, 1.165) is 12.0 Å². The molecule has 1 heterocycles. The Morgan fingerprint density at radius 1 is 1.37 bits per heavy atom. The van der Waals surface area contributed by atoms with Gasteiger partial charge in [0.05, 0.1) is 0 Å². The van der Waals surface area contributed by atoms with Gasteiger partial charge in [-0.1, -0.05) is 0 Å². The molecule has 0 aliphatic heterocycles. The van der Waals surface area contributed by atoms with E-state index in [2.05, 4.69) is 15.4 Å². The zero-order chi connectivity index (χ0) is 13.7. The summed E-state index contributed by atoms with van der Waals surface area (Å²) in [7, 11) is 1.64. The van der Waals surface area contributed by atoms with Gasteiger partial charge in [0, 0.05) is 31.3 Å². The van der Waals surface area contributed by atoms with Gasteiger partial charge in [-0.25, -0.2) is 4.98 Å². The number of rotatable bonds is 5. The second-order valence-electron chi connectivity index (χ2n) is 4.23. The number of nitrogens with zero attached hydrogens (tertiary/aromatic N) is 3. The molecule has 0 aliphatic carbocycles. The van der Waals surface area contributed by atoms with Gasteiger partial charge in [-0.15, -0.1) is 0 Å². The lowest BCUT2D eigenvalue weighted by Gasteiger charge is -2.00. The molecule has 0 bridgehead atoms. The Kier molecular flexibility index (Phi) is 4.12. The monoisotopic (exact) mass is 259 g/mol. The first kappa shape index (κ1) is 13.1. The number of anilines is 1. The normalized spacial score (nSPS) is 10.4. The number of hydrogen-bond donors (Lipinski definition) is 2. The Morgan fingerprint density at radius 2 is 2.11 bits per heavy atom. The first-order chi connectivity index (χ1) is 9.19. The van der Waals surface area contributed by atoms with Crippen LogP contribution in [0, 0.1) is 0 Å². The third kappa shape index (κ3) is 3.54. The molecule has 100 valence electrons. The Hall–Kier alpha value is -2.37. The molecule has 1 aromatic heterocycles. The smallest absolute Gasteiger partial charge is 0.219 e. The number of hydrogen-bond acceptors (Lipinski definition) is 4. The number of carbonyl (C=O) groups excluding carboxylic acids is 1. The highest BCUT2D eigenvalue weighted by atomic mass is 16.1. The summed E-state index contributed by atoms with van der Waals surface area (Å²) in [6.07, 6.45) is 2.91. The summed E-state index contributed by atoms with van der Waals surface area (Å²) in [5.41, 5.74) is 7.28. The summed E-state index contributed by atoms with van der Waals surface area (Å²) in [5.74, 6) is 0.707. The molecule has 0 spiro atoms. The summed E-state index contributed by atoms with van der Waals surface area (Å²) >= 11 is 0. The minimum absolute atomic E-state index is 0.0406. The number of aromatic nitrogens is 3. The topological polar surface area (TPSA) is 85.8 Å². The lowest BCUT2D eigenvalue weighted by atomic mass is 10.2. The number of nitrogens with two attached hydrogens (primary N) is 1. The van der Waals surface area contributed by atoms with Crippen molar-refractivity contribution in [3.63, 3.8) is 0 Å². The largest absolute Gasteiger partial charge is 0.399 e. The Labute approximate surface area is 111 Å². The molecule has 6 heteroatoms. The molecular weight excluding hydrogens is 242 g/mol. The van der Waals surface area contributed by atoms with Gasteiger partial charge in [0.15, 0.2) is 5.82 Å². The van der Waals surface area contributed by atoms with E-state index >= 15 is 0 Å². The van der Waals surface area contributed by atoms with Crippen molar-refractivity contribution in [2.45, 2.75) is 19.4 Å². The predicted octanol–water partition coefficient (Wildman–Crippen LogP) is 1.05. The summed E-state index contributed by atoms with van der Waals surface area (Å²) in [4.78, 5) is 15.3. The zero-order valence-electron chi connectivity index (χ0n) is 10.8. The summed E-state index contributed by atoms with van der Waals surface area (Å²) in [6.45, 7) is 0.676. The van der Waals surface area contributed by atoms with Crippen LogP contribution in [0.25, 0.3) is 11.4 Å². The van der Waals surface area contributed by atoms with E-state index in [1.807, 2.05) is 24.3 Å². The van der Waals surface area contributed by atoms with Gasteiger partial charge in [-0.05, 0) is 30.7 Å². The number of nitrogens with one attached hydrogen (secondary N) is 1. The quantitative estimate of drug-likeness (QED) is 0.786. The first-order valence-corrected chi connectivity index (χ1v) is 6.15. The highest BCUT2D eigenvalue weighted by Crippen LogP contribution is 2.15. The maximum atomic E-state index is 11.1. The van der Waals surface area contributed by atoms with E-state index in [1.54, 1.807) is 18.1 Å². The standard InChI is InChI=1S/C13H17N5O/c1-15-12(19)3-2-8-18-9-16-13(17-18)10-4-6-11(14)7-5-10/h4-7,9H,2-3,8,14H2,1H3,(H,15,19). The van der Waals surface area contributed by atoms with Crippen LogP contribution >= 0.6 is 0 Å². The Morgan fingerprint density at radius 3 is 2.79 bits per heavy atom. The van der Waals surface area contributed by atoms with Crippen LogP contribution in [0.5, 0.6) is 0 Å². The van der Waals surface area contributed by atoms with Crippen molar-refractivity contribution < 1.29 is 4.79 Å². The minimum Gasteiger partial charge on any atom is -0.399 e. The molecule has 0 saturated heterocycles. The second kappa shape index (κ2) is 5.99. The molecule has 0 radical (unpaired) electrons. The van der Waals surface area contributed by atoms with Gasteiger partial charge < -0.3 is 11.1 Å². The summed E-state index contributed by atoms with van der Waals surface area (Å²) in [5, 5.41) is 6.96. The highest BCUT2D eigenvalue weighted by molar-refractivity contribution is 5.75. The summed E-state index contributed by atoms with van der Waals surface area (Å²) < 4.78 is 1.74. The molecule has 0 aliphatic rings. The fourth-order valence-corrected chi connectivity index (χ4v) is 1.69. The van der Waals surface area contributed by atoms with E-state index in [4.69, 9.17) is 5.73 Å². The van der Waals surface area contributed by atoms with Crippen LogP contribution in [0.2, 0.25) is 0 Å². The van der Waals surface area contributed by atoms with E-state index in [0.29, 0.717) is 24.5 Å². The maximum absolute atomic E-state index is 11.1. The van der Waals surface area contributed by atoms with Crippen LogP contribution in [0.1, 0.15) is 12.8 Å². The number of aryl methyl sites for hydroxylation is 1. The molecule has 0 fully saturated rings.